The minimum atomic E-state index is -2.90. The van der Waals surface area contributed by atoms with Crippen LogP contribution in [0.3, 0.4) is 0 Å². The number of alkyl halides is 2. The van der Waals surface area contributed by atoms with E-state index in [1.54, 1.807) is 18.2 Å². The van der Waals surface area contributed by atoms with Gasteiger partial charge in [-0.2, -0.15) is 14.0 Å². The van der Waals surface area contributed by atoms with Gasteiger partial charge in [0.15, 0.2) is 0 Å². The van der Waals surface area contributed by atoms with Crippen LogP contribution in [0.1, 0.15) is 15.9 Å². The number of nitriles is 1. The number of nitrogens with one attached hydrogen (secondary N) is 1. The van der Waals surface area contributed by atoms with Crippen molar-refractivity contribution in [3.63, 3.8) is 0 Å². The van der Waals surface area contributed by atoms with Crippen molar-refractivity contribution >= 4 is 11.6 Å². The number of ether oxygens (including phenoxy) is 1. The average molecular weight is 288 g/mol. The van der Waals surface area contributed by atoms with Gasteiger partial charge in [-0.15, -0.1) is 0 Å². The molecule has 0 saturated heterocycles. The molecule has 6 heteroatoms. The van der Waals surface area contributed by atoms with Crippen molar-refractivity contribution in [2.45, 2.75) is 6.61 Å². The molecular formula is C15H10F2N2O2. The molecule has 21 heavy (non-hydrogen) atoms. The van der Waals surface area contributed by atoms with E-state index in [1.165, 1.54) is 30.3 Å². The molecule has 2 aromatic rings. The molecule has 0 atom stereocenters. The maximum absolute atomic E-state index is 12.0. The van der Waals surface area contributed by atoms with Crippen molar-refractivity contribution in [1.82, 2.24) is 0 Å². The van der Waals surface area contributed by atoms with Gasteiger partial charge in [0.2, 0.25) is 0 Å². The first-order valence-electron chi connectivity index (χ1n) is 5.95. The highest BCUT2D eigenvalue weighted by atomic mass is 19.3. The first-order chi connectivity index (χ1) is 10.1. The molecule has 0 aromatic heterocycles. The molecule has 0 saturated carbocycles. The summed E-state index contributed by atoms with van der Waals surface area (Å²) in [7, 11) is 0. The minimum Gasteiger partial charge on any atom is -0.435 e. The number of anilines is 1. The fourth-order valence-corrected chi connectivity index (χ4v) is 1.66. The van der Waals surface area contributed by atoms with E-state index in [0.717, 1.165) is 0 Å². The van der Waals surface area contributed by atoms with Gasteiger partial charge in [-0.25, -0.2) is 0 Å². The summed E-state index contributed by atoms with van der Waals surface area (Å²) in [6.45, 7) is -2.90. The number of amides is 1. The number of nitrogens with zero attached hydrogens (tertiary/aromatic N) is 1. The topological polar surface area (TPSA) is 62.1 Å². The Kier molecular flexibility index (Phi) is 4.46. The highest BCUT2D eigenvalue weighted by Gasteiger charge is 2.08. The standard InChI is InChI=1S/C15H10F2N2O2/c16-15(17)21-13-6-4-11(5-7-13)14(20)19-12-3-1-2-10(8-12)9-18/h1-8,15H,(H,19,20). The van der Waals surface area contributed by atoms with Gasteiger partial charge >= 0.3 is 6.61 Å². The lowest BCUT2D eigenvalue weighted by Gasteiger charge is -2.07. The third-order valence-corrected chi connectivity index (χ3v) is 2.59. The number of carbonyl (C=O) groups excluding carboxylic acids is 1. The van der Waals surface area contributed by atoms with Crippen molar-refractivity contribution in [3.8, 4) is 11.8 Å². The molecule has 4 nitrogen and oxygen atoms in total. The molecule has 0 aliphatic heterocycles. The molecule has 0 bridgehead atoms. The minimum absolute atomic E-state index is 0.0203. The molecule has 2 rings (SSSR count). The summed E-state index contributed by atoms with van der Waals surface area (Å²) in [4.78, 5) is 12.0. The van der Waals surface area contributed by atoms with Crippen LogP contribution in [0.25, 0.3) is 0 Å². The Hall–Kier alpha value is -2.94. The van der Waals surface area contributed by atoms with E-state index in [4.69, 9.17) is 5.26 Å². The zero-order valence-corrected chi connectivity index (χ0v) is 10.7. The highest BCUT2D eigenvalue weighted by molar-refractivity contribution is 6.04. The predicted octanol–water partition coefficient (Wildman–Crippen LogP) is 3.41. The maximum Gasteiger partial charge on any atom is 0.387 e. The number of benzene rings is 2. The Labute approximate surface area is 119 Å². The van der Waals surface area contributed by atoms with E-state index in [-0.39, 0.29) is 5.75 Å². The van der Waals surface area contributed by atoms with Crippen LogP contribution in [0.2, 0.25) is 0 Å². The third kappa shape index (κ3) is 4.01. The van der Waals surface area contributed by atoms with Crippen LogP contribution in [0.15, 0.2) is 48.5 Å². The summed E-state index contributed by atoms with van der Waals surface area (Å²) in [5.74, 6) is -0.429. The normalized spacial score (nSPS) is 10.0. The molecule has 1 amide bonds. The molecular weight excluding hydrogens is 278 g/mol. The van der Waals surface area contributed by atoms with Crippen molar-refractivity contribution in [2.24, 2.45) is 0 Å². The van der Waals surface area contributed by atoms with Crippen LogP contribution in [0.5, 0.6) is 5.75 Å². The monoisotopic (exact) mass is 288 g/mol. The SMILES string of the molecule is N#Cc1cccc(NC(=O)c2ccc(OC(F)F)cc2)c1. The van der Waals surface area contributed by atoms with Gasteiger partial charge in [-0.3, -0.25) is 4.79 Å². The summed E-state index contributed by atoms with van der Waals surface area (Å²) in [6, 6.07) is 13.7. The van der Waals surface area contributed by atoms with Crippen LogP contribution in [0.4, 0.5) is 14.5 Å². The van der Waals surface area contributed by atoms with Crippen molar-refractivity contribution in [2.75, 3.05) is 5.32 Å². The van der Waals surface area contributed by atoms with E-state index in [1.807, 2.05) is 6.07 Å². The number of hydrogen-bond donors (Lipinski definition) is 1. The molecule has 0 spiro atoms. The number of hydrogen-bond acceptors (Lipinski definition) is 3. The fraction of sp³-hybridized carbons (Fsp3) is 0.0667. The van der Waals surface area contributed by atoms with Gasteiger partial charge in [0.05, 0.1) is 11.6 Å². The Bertz CT molecular complexity index is 679. The van der Waals surface area contributed by atoms with Crippen LogP contribution in [-0.2, 0) is 0 Å². The van der Waals surface area contributed by atoms with E-state index < -0.39 is 12.5 Å². The Morgan fingerprint density at radius 3 is 2.52 bits per heavy atom. The van der Waals surface area contributed by atoms with Gasteiger partial charge in [0.25, 0.3) is 5.91 Å². The van der Waals surface area contributed by atoms with E-state index >= 15 is 0 Å². The zero-order chi connectivity index (χ0) is 15.2. The van der Waals surface area contributed by atoms with E-state index in [0.29, 0.717) is 16.8 Å². The number of rotatable bonds is 4. The summed E-state index contributed by atoms with van der Waals surface area (Å²) in [5, 5.41) is 11.4. The van der Waals surface area contributed by atoms with Gasteiger partial charge < -0.3 is 10.1 Å². The van der Waals surface area contributed by atoms with E-state index in [9.17, 15) is 13.6 Å². The first kappa shape index (κ1) is 14.5. The van der Waals surface area contributed by atoms with Crippen LogP contribution in [0, 0.1) is 11.3 Å². The molecule has 0 aliphatic rings. The van der Waals surface area contributed by atoms with Gasteiger partial charge in [0.1, 0.15) is 5.75 Å². The highest BCUT2D eigenvalue weighted by Crippen LogP contribution is 2.16. The largest absolute Gasteiger partial charge is 0.435 e. The fourth-order valence-electron chi connectivity index (χ4n) is 1.66. The lowest BCUT2D eigenvalue weighted by Crippen LogP contribution is -2.12. The summed E-state index contributed by atoms with van der Waals surface area (Å²) in [5.41, 5.74) is 1.19. The number of halogens is 2. The van der Waals surface area contributed by atoms with Gasteiger partial charge in [-0.05, 0) is 42.5 Å². The first-order valence-corrected chi connectivity index (χ1v) is 5.95. The molecule has 0 heterocycles. The molecule has 0 unspecified atom stereocenters. The van der Waals surface area contributed by atoms with E-state index in [2.05, 4.69) is 10.1 Å². The Balaban J connectivity index is 2.08. The lowest BCUT2D eigenvalue weighted by atomic mass is 10.2. The molecule has 1 N–H and O–H groups in total. The van der Waals surface area contributed by atoms with Gasteiger partial charge in [-0.1, -0.05) is 6.07 Å². The molecule has 0 fully saturated rings. The molecule has 2 aromatic carbocycles. The van der Waals surface area contributed by atoms with Crippen LogP contribution >= 0.6 is 0 Å². The average Bonchev–Trinajstić information content (AvgIpc) is 2.47. The lowest BCUT2D eigenvalue weighted by molar-refractivity contribution is -0.0498. The summed E-state index contributed by atoms with van der Waals surface area (Å²) >= 11 is 0. The molecule has 106 valence electrons. The Morgan fingerprint density at radius 2 is 1.90 bits per heavy atom. The maximum atomic E-state index is 12.0. The zero-order valence-electron chi connectivity index (χ0n) is 10.7. The second-order valence-corrected chi connectivity index (χ2v) is 4.05. The van der Waals surface area contributed by atoms with Crippen LogP contribution < -0.4 is 10.1 Å². The Morgan fingerprint density at radius 1 is 1.19 bits per heavy atom. The third-order valence-electron chi connectivity index (χ3n) is 2.59. The van der Waals surface area contributed by atoms with Crippen molar-refractivity contribution in [3.05, 3.63) is 59.7 Å². The van der Waals surface area contributed by atoms with Gasteiger partial charge in [0, 0.05) is 11.3 Å². The van der Waals surface area contributed by atoms with Crippen molar-refractivity contribution in [1.29, 1.82) is 5.26 Å². The molecule has 0 aliphatic carbocycles. The smallest absolute Gasteiger partial charge is 0.387 e. The quantitative estimate of drug-likeness (QED) is 0.937. The second-order valence-electron chi connectivity index (χ2n) is 4.05. The summed E-state index contributed by atoms with van der Waals surface area (Å²) < 4.78 is 28.2. The number of carbonyl (C=O) groups is 1. The predicted molar refractivity (Wildman–Crippen MR) is 72.2 cm³/mol. The second kappa shape index (κ2) is 6.48. The van der Waals surface area contributed by atoms with Crippen molar-refractivity contribution < 1.29 is 18.3 Å². The summed E-state index contributed by atoms with van der Waals surface area (Å²) in [6.07, 6.45) is 0. The van der Waals surface area contributed by atoms with Crippen LogP contribution in [-0.4, -0.2) is 12.5 Å². The molecule has 0 radical (unpaired) electrons.